The van der Waals surface area contributed by atoms with E-state index in [9.17, 15) is 13.2 Å². The Morgan fingerprint density at radius 1 is 1.08 bits per heavy atom. The largest absolute Gasteiger partial charge is 0.380 e. The molecule has 1 aromatic rings. The molecule has 0 unspecified atom stereocenters. The van der Waals surface area contributed by atoms with Crippen LogP contribution in [0.1, 0.15) is 55.3 Å². The van der Waals surface area contributed by atoms with Gasteiger partial charge in [-0.05, 0) is 43.9 Å². The Morgan fingerprint density at radius 3 is 2.50 bits per heavy atom. The maximum absolute atomic E-state index is 12.8. The van der Waals surface area contributed by atoms with Crippen LogP contribution in [0.3, 0.4) is 0 Å². The molecule has 0 saturated carbocycles. The number of nitrogens with one attached hydrogen (secondary N) is 1. The number of nitrogens with zero attached hydrogens (tertiary/aromatic N) is 1. The number of hydrogen-bond donors (Lipinski definition) is 1. The molecule has 3 rings (SSSR count). The van der Waals surface area contributed by atoms with Crippen molar-refractivity contribution in [3.63, 3.8) is 0 Å². The monoisotopic (exact) mass is 380 g/mol. The highest BCUT2D eigenvalue weighted by Gasteiger charge is 2.24. The first-order valence-electron chi connectivity index (χ1n) is 9.56. The molecule has 6 nitrogen and oxygen atoms in total. The minimum Gasteiger partial charge on any atom is -0.380 e. The summed E-state index contributed by atoms with van der Waals surface area (Å²) in [6.07, 6.45) is 7.15. The molecule has 0 spiro atoms. The van der Waals surface area contributed by atoms with Crippen LogP contribution in [-0.4, -0.2) is 51.6 Å². The van der Waals surface area contributed by atoms with Crippen LogP contribution in [0.25, 0.3) is 0 Å². The Kier molecular flexibility index (Phi) is 6.67. The minimum atomic E-state index is -3.66. The fourth-order valence-corrected chi connectivity index (χ4v) is 4.85. The van der Waals surface area contributed by atoms with E-state index in [1.807, 2.05) is 4.90 Å². The van der Waals surface area contributed by atoms with E-state index in [4.69, 9.17) is 4.74 Å². The molecule has 2 heterocycles. The third-order valence-corrected chi connectivity index (χ3v) is 6.53. The van der Waals surface area contributed by atoms with Gasteiger partial charge in [0, 0.05) is 31.3 Å². The first kappa shape index (κ1) is 19.3. The third kappa shape index (κ3) is 5.05. The van der Waals surface area contributed by atoms with Crippen molar-refractivity contribution in [3.05, 3.63) is 29.8 Å². The number of benzene rings is 1. The Morgan fingerprint density at radius 2 is 1.81 bits per heavy atom. The van der Waals surface area contributed by atoms with Gasteiger partial charge in [0.2, 0.25) is 10.0 Å². The first-order chi connectivity index (χ1) is 12.6. The summed E-state index contributed by atoms with van der Waals surface area (Å²) in [6.45, 7) is 2.56. The molecule has 0 radical (unpaired) electrons. The van der Waals surface area contributed by atoms with E-state index in [1.54, 1.807) is 12.1 Å². The lowest BCUT2D eigenvalue weighted by Gasteiger charge is -2.25. The van der Waals surface area contributed by atoms with E-state index >= 15 is 0 Å². The highest BCUT2D eigenvalue weighted by atomic mass is 32.2. The number of likely N-dealkylation sites (tertiary alicyclic amines) is 1. The highest BCUT2D eigenvalue weighted by Crippen LogP contribution is 2.18. The van der Waals surface area contributed by atoms with Gasteiger partial charge in [0.1, 0.15) is 0 Å². The van der Waals surface area contributed by atoms with E-state index in [2.05, 4.69) is 4.72 Å². The van der Waals surface area contributed by atoms with Crippen LogP contribution in [-0.2, 0) is 14.8 Å². The summed E-state index contributed by atoms with van der Waals surface area (Å²) in [5.74, 6) is -0.0788. The Balaban J connectivity index is 1.72. The molecule has 26 heavy (non-hydrogen) atoms. The van der Waals surface area contributed by atoms with Gasteiger partial charge in [-0.2, -0.15) is 0 Å². The second kappa shape index (κ2) is 8.97. The lowest BCUT2D eigenvalue weighted by atomic mass is 10.1. The standard InChI is InChI=1S/C19H28N2O4S/c22-19(21-11-4-2-1-3-5-12-21)16-8-6-10-18(14-16)26(23,24)20-17-9-7-13-25-15-17/h6,8,10,14,17,20H,1-5,7,9,11-13,15H2/t17-/m0/s1. The normalized spacial score (nSPS) is 22.5. The van der Waals surface area contributed by atoms with Crippen molar-refractivity contribution in [1.82, 2.24) is 9.62 Å². The molecule has 1 amide bonds. The Labute approximate surface area is 156 Å². The molecule has 2 fully saturated rings. The molecule has 1 atom stereocenters. The number of carbonyl (C=O) groups is 1. The molecule has 7 heteroatoms. The van der Waals surface area contributed by atoms with Crippen LogP contribution in [0, 0.1) is 0 Å². The van der Waals surface area contributed by atoms with E-state index in [0.29, 0.717) is 18.8 Å². The van der Waals surface area contributed by atoms with Crippen molar-refractivity contribution in [1.29, 1.82) is 0 Å². The molecular weight excluding hydrogens is 352 g/mol. The molecular formula is C19H28N2O4S. The zero-order chi connectivity index (χ0) is 18.4. The topological polar surface area (TPSA) is 75.7 Å². The van der Waals surface area contributed by atoms with Gasteiger partial charge in [-0.1, -0.05) is 25.3 Å². The maximum Gasteiger partial charge on any atom is 0.253 e. The van der Waals surface area contributed by atoms with Crippen LogP contribution in [0.5, 0.6) is 0 Å². The van der Waals surface area contributed by atoms with Crippen molar-refractivity contribution in [3.8, 4) is 0 Å². The number of amides is 1. The molecule has 2 aliphatic heterocycles. The van der Waals surface area contributed by atoms with E-state index in [0.717, 1.165) is 51.6 Å². The summed E-state index contributed by atoms with van der Waals surface area (Å²) < 4.78 is 33.4. The molecule has 2 aliphatic rings. The zero-order valence-corrected chi connectivity index (χ0v) is 16.0. The smallest absolute Gasteiger partial charge is 0.253 e. The van der Waals surface area contributed by atoms with E-state index < -0.39 is 10.0 Å². The quantitative estimate of drug-likeness (QED) is 0.871. The highest BCUT2D eigenvalue weighted by molar-refractivity contribution is 7.89. The summed E-state index contributed by atoms with van der Waals surface area (Å²) >= 11 is 0. The van der Waals surface area contributed by atoms with Gasteiger partial charge in [-0.3, -0.25) is 4.79 Å². The van der Waals surface area contributed by atoms with Crippen LogP contribution >= 0.6 is 0 Å². The second-order valence-electron chi connectivity index (χ2n) is 7.12. The molecule has 0 bridgehead atoms. The molecule has 0 aliphatic carbocycles. The molecule has 0 aromatic heterocycles. The average molecular weight is 381 g/mol. The number of sulfonamides is 1. The van der Waals surface area contributed by atoms with Gasteiger partial charge in [0.05, 0.1) is 11.5 Å². The van der Waals surface area contributed by atoms with Crippen molar-refractivity contribution in [2.75, 3.05) is 26.3 Å². The van der Waals surface area contributed by atoms with Crippen LogP contribution in [0.4, 0.5) is 0 Å². The van der Waals surface area contributed by atoms with Gasteiger partial charge < -0.3 is 9.64 Å². The molecule has 1 N–H and O–H groups in total. The van der Waals surface area contributed by atoms with Crippen molar-refractivity contribution in [2.24, 2.45) is 0 Å². The van der Waals surface area contributed by atoms with Crippen molar-refractivity contribution in [2.45, 2.75) is 55.9 Å². The molecule has 144 valence electrons. The predicted octanol–water partition coefficient (Wildman–Crippen LogP) is 2.55. The Bertz CT molecular complexity index is 706. The lowest BCUT2D eigenvalue weighted by molar-refractivity contribution is 0.0742. The van der Waals surface area contributed by atoms with Gasteiger partial charge in [-0.25, -0.2) is 13.1 Å². The summed E-state index contributed by atoms with van der Waals surface area (Å²) in [6, 6.07) is 6.17. The minimum absolute atomic E-state index is 0.0788. The van der Waals surface area contributed by atoms with Gasteiger partial charge in [0.15, 0.2) is 0 Å². The van der Waals surface area contributed by atoms with E-state index in [1.165, 1.54) is 18.6 Å². The molecule has 1 aromatic carbocycles. The lowest BCUT2D eigenvalue weighted by Crippen LogP contribution is -2.40. The SMILES string of the molecule is O=C(c1cccc(S(=O)(=O)N[C@H]2CCCOC2)c1)N1CCCCCCC1. The number of carbonyl (C=O) groups excluding carboxylic acids is 1. The predicted molar refractivity (Wildman–Crippen MR) is 99.6 cm³/mol. The zero-order valence-electron chi connectivity index (χ0n) is 15.2. The van der Waals surface area contributed by atoms with Crippen LogP contribution in [0.2, 0.25) is 0 Å². The summed E-state index contributed by atoms with van der Waals surface area (Å²) in [4.78, 5) is 14.8. The third-order valence-electron chi connectivity index (χ3n) is 5.02. The maximum atomic E-state index is 12.8. The fourth-order valence-electron chi connectivity index (χ4n) is 3.55. The van der Waals surface area contributed by atoms with Crippen molar-refractivity contribution < 1.29 is 17.9 Å². The van der Waals surface area contributed by atoms with Crippen LogP contribution < -0.4 is 4.72 Å². The number of ether oxygens (including phenoxy) is 1. The second-order valence-corrected chi connectivity index (χ2v) is 8.84. The fraction of sp³-hybridized carbons (Fsp3) is 0.632. The summed E-state index contributed by atoms with van der Waals surface area (Å²) in [5, 5.41) is 0. The number of hydrogen-bond acceptors (Lipinski definition) is 4. The average Bonchev–Trinajstić information content (AvgIpc) is 2.62. The summed E-state index contributed by atoms with van der Waals surface area (Å²) in [5.41, 5.74) is 0.438. The van der Waals surface area contributed by atoms with Gasteiger partial charge in [0.25, 0.3) is 5.91 Å². The van der Waals surface area contributed by atoms with Crippen LogP contribution in [0.15, 0.2) is 29.2 Å². The first-order valence-corrected chi connectivity index (χ1v) is 11.0. The van der Waals surface area contributed by atoms with Gasteiger partial charge in [-0.15, -0.1) is 0 Å². The molecule has 2 saturated heterocycles. The Hall–Kier alpha value is -1.44. The van der Waals surface area contributed by atoms with Gasteiger partial charge >= 0.3 is 0 Å². The van der Waals surface area contributed by atoms with Crippen molar-refractivity contribution >= 4 is 15.9 Å². The number of rotatable bonds is 4. The van der Waals surface area contributed by atoms with E-state index in [-0.39, 0.29) is 16.8 Å². The summed E-state index contributed by atoms with van der Waals surface area (Å²) in [7, 11) is -3.66.